The normalized spacial score (nSPS) is 10.6. The van der Waals surface area contributed by atoms with Crippen molar-refractivity contribution in [1.29, 1.82) is 0 Å². The van der Waals surface area contributed by atoms with Crippen LogP contribution in [-0.2, 0) is 16.0 Å². The molecule has 3 N–H and O–H groups in total. The van der Waals surface area contributed by atoms with Crippen LogP contribution in [0.5, 0.6) is 0 Å². The molecule has 0 atom stereocenters. The largest absolute Gasteiger partial charge is 0.462 e. The van der Waals surface area contributed by atoms with E-state index in [1.165, 1.54) is 12.1 Å². The lowest BCUT2D eigenvalue weighted by molar-refractivity contribution is -0.115. The Kier molecular flexibility index (Phi) is 8.89. The van der Waals surface area contributed by atoms with Crippen LogP contribution in [0.3, 0.4) is 0 Å². The van der Waals surface area contributed by atoms with Crippen LogP contribution in [0.25, 0.3) is 0 Å². The zero-order chi connectivity index (χ0) is 24.5. The summed E-state index contributed by atoms with van der Waals surface area (Å²) in [5, 5.41) is 8.80. The topological polar surface area (TPSA) is 96.5 Å². The number of hydrogen-bond donors (Lipinski definition) is 3. The number of hydrogen-bond acceptors (Lipinski definition) is 6. The van der Waals surface area contributed by atoms with Crippen molar-refractivity contribution in [2.45, 2.75) is 20.3 Å². The average Bonchev–Trinajstić information content (AvgIpc) is 3.14. The number of benzene rings is 2. The number of ether oxygens (including phenoxy) is 1. The molecule has 0 aliphatic rings. The smallest absolute Gasteiger partial charge is 0.341 e. The first-order valence-corrected chi connectivity index (χ1v) is 11.6. The molecule has 178 valence electrons. The molecule has 3 rings (SSSR count). The number of para-hydroxylation sites is 1. The van der Waals surface area contributed by atoms with Gasteiger partial charge < -0.3 is 20.7 Å². The van der Waals surface area contributed by atoms with Gasteiger partial charge in [0, 0.05) is 5.69 Å². The summed E-state index contributed by atoms with van der Waals surface area (Å²) in [6.45, 7) is 4.02. The van der Waals surface area contributed by atoms with E-state index < -0.39 is 5.97 Å². The molecule has 0 radical (unpaired) electrons. The highest BCUT2D eigenvalue weighted by atomic mass is 32.1. The van der Waals surface area contributed by atoms with E-state index in [2.05, 4.69) is 16.0 Å². The first-order valence-electron chi connectivity index (χ1n) is 10.8. The standard InChI is InChI=1S/C25H26FN3O4S/c1-3-33-25(32)21-16(2)22(23(31)28-19-7-5-4-6-8-19)34-24(21)29-20(30)15-27-14-13-17-9-11-18(26)12-10-17/h4-12,27H,3,13-15H2,1-2H3,(H,28,31)(H,29,30). The van der Waals surface area contributed by atoms with Crippen molar-refractivity contribution < 1.29 is 23.5 Å². The fraction of sp³-hybridized carbons (Fsp3) is 0.240. The van der Waals surface area contributed by atoms with Gasteiger partial charge >= 0.3 is 5.97 Å². The minimum absolute atomic E-state index is 0.00591. The Bertz CT molecular complexity index is 1150. The van der Waals surface area contributed by atoms with Gasteiger partial charge in [-0.25, -0.2) is 9.18 Å². The number of halogens is 1. The number of amides is 2. The van der Waals surface area contributed by atoms with Gasteiger partial charge in [0.25, 0.3) is 5.91 Å². The molecule has 0 aliphatic heterocycles. The summed E-state index contributed by atoms with van der Waals surface area (Å²) in [4.78, 5) is 38.2. The molecule has 0 bridgehead atoms. The number of esters is 1. The van der Waals surface area contributed by atoms with E-state index in [1.54, 1.807) is 50.2 Å². The van der Waals surface area contributed by atoms with Crippen LogP contribution in [-0.4, -0.2) is 37.5 Å². The van der Waals surface area contributed by atoms with E-state index in [1.807, 2.05) is 6.07 Å². The lowest BCUT2D eigenvalue weighted by Gasteiger charge is -2.08. The third-order valence-corrected chi connectivity index (χ3v) is 6.11. The number of thiophene rings is 1. The van der Waals surface area contributed by atoms with Gasteiger partial charge in [-0.1, -0.05) is 30.3 Å². The Morgan fingerprint density at radius 1 is 1.00 bits per heavy atom. The van der Waals surface area contributed by atoms with Gasteiger partial charge in [-0.2, -0.15) is 0 Å². The van der Waals surface area contributed by atoms with E-state index in [0.717, 1.165) is 16.9 Å². The van der Waals surface area contributed by atoms with Crippen molar-refractivity contribution in [3.05, 3.63) is 82.0 Å². The van der Waals surface area contributed by atoms with E-state index >= 15 is 0 Å². The molecule has 0 saturated heterocycles. The zero-order valence-corrected chi connectivity index (χ0v) is 19.8. The molecule has 1 heterocycles. The molecule has 0 saturated carbocycles. The van der Waals surface area contributed by atoms with Crippen LogP contribution < -0.4 is 16.0 Å². The highest BCUT2D eigenvalue weighted by Gasteiger charge is 2.26. The monoisotopic (exact) mass is 483 g/mol. The summed E-state index contributed by atoms with van der Waals surface area (Å²) < 4.78 is 18.1. The van der Waals surface area contributed by atoms with E-state index in [4.69, 9.17) is 4.74 Å². The second-order valence-corrected chi connectivity index (χ2v) is 8.42. The number of rotatable bonds is 10. The maximum atomic E-state index is 13.0. The molecule has 0 aliphatic carbocycles. The molecule has 2 aromatic carbocycles. The Morgan fingerprint density at radius 3 is 2.38 bits per heavy atom. The fourth-order valence-electron chi connectivity index (χ4n) is 3.23. The van der Waals surface area contributed by atoms with E-state index in [-0.39, 0.29) is 41.3 Å². The molecule has 2 amide bonds. The van der Waals surface area contributed by atoms with Crippen molar-refractivity contribution in [3.63, 3.8) is 0 Å². The summed E-state index contributed by atoms with van der Waals surface area (Å²) in [5.41, 5.74) is 2.18. The number of carbonyl (C=O) groups is 3. The van der Waals surface area contributed by atoms with Gasteiger partial charge in [-0.3, -0.25) is 9.59 Å². The molecule has 9 heteroatoms. The Balaban J connectivity index is 1.66. The first-order chi connectivity index (χ1) is 16.4. The Morgan fingerprint density at radius 2 is 1.71 bits per heavy atom. The van der Waals surface area contributed by atoms with Crippen LogP contribution in [0.4, 0.5) is 15.1 Å². The molecule has 1 aromatic heterocycles. The summed E-state index contributed by atoms with van der Waals surface area (Å²) in [6, 6.07) is 15.1. The van der Waals surface area contributed by atoms with Crippen LogP contribution >= 0.6 is 11.3 Å². The summed E-state index contributed by atoms with van der Waals surface area (Å²) >= 11 is 1.03. The predicted octanol–water partition coefficient (Wildman–Crippen LogP) is 4.40. The lowest BCUT2D eigenvalue weighted by atomic mass is 10.1. The molecule has 34 heavy (non-hydrogen) atoms. The molecule has 7 nitrogen and oxygen atoms in total. The van der Waals surface area contributed by atoms with Gasteiger partial charge in [-0.15, -0.1) is 11.3 Å². The van der Waals surface area contributed by atoms with Crippen molar-refractivity contribution >= 4 is 39.8 Å². The van der Waals surface area contributed by atoms with E-state index in [0.29, 0.717) is 29.1 Å². The van der Waals surface area contributed by atoms with Gasteiger partial charge in [0.05, 0.1) is 23.6 Å². The molecule has 0 spiro atoms. The first kappa shape index (κ1) is 25.1. The van der Waals surface area contributed by atoms with Gasteiger partial charge in [0.15, 0.2) is 0 Å². The zero-order valence-electron chi connectivity index (χ0n) is 18.9. The van der Waals surface area contributed by atoms with Crippen LogP contribution in [0.1, 0.15) is 38.1 Å². The molecular weight excluding hydrogens is 457 g/mol. The summed E-state index contributed by atoms with van der Waals surface area (Å²) in [7, 11) is 0. The third kappa shape index (κ3) is 6.72. The summed E-state index contributed by atoms with van der Waals surface area (Å²) in [5.74, 6) is -1.63. The quantitative estimate of drug-likeness (QED) is 0.294. The second-order valence-electron chi connectivity index (χ2n) is 7.40. The molecule has 3 aromatic rings. The van der Waals surface area contributed by atoms with Crippen molar-refractivity contribution in [1.82, 2.24) is 5.32 Å². The van der Waals surface area contributed by atoms with E-state index in [9.17, 15) is 18.8 Å². The van der Waals surface area contributed by atoms with Gasteiger partial charge in [0.2, 0.25) is 5.91 Å². The lowest BCUT2D eigenvalue weighted by Crippen LogP contribution is -2.29. The third-order valence-electron chi connectivity index (χ3n) is 4.91. The number of carbonyl (C=O) groups excluding carboxylic acids is 3. The number of nitrogens with one attached hydrogen (secondary N) is 3. The van der Waals surface area contributed by atoms with Crippen LogP contribution in [0, 0.1) is 12.7 Å². The van der Waals surface area contributed by atoms with Gasteiger partial charge in [0.1, 0.15) is 10.8 Å². The SMILES string of the molecule is CCOC(=O)c1c(NC(=O)CNCCc2ccc(F)cc2)sc(C(=O)Nc2ccccc2)c1C. The Hall–Kier alpha value is -3.56. The second kappa shape index (κ2) is 12.1. The molecule has 0 fully saturated rings. The highest BCUT2D eigenvalue weighted by Crippen LogP contribution is 2.34. The van der Waals surface area contributed by atoms with Crippen LogP contribution in [0.15, 0.2) is 54.6 Å². The number of anilines is 2. The molecule has 0 unspecified atom stereocenters. The van der Waals surface area contributed by atoms with Crippen LogP contribution in [0.2, 0.25) is 0 Å². The Labute approximate surface area is 201 Å². The fourth-order valence-corrected chi connectivity index (χ4v) is 4.34. The minimum Gasteiger partial charge on any atom is -0.462 e. The maximum absolute atomic E-state index is 13.0. The highest BCUT2D eigenvalue weighted by molar-refractivity contribution is 7.19. The average molecular weight is 484 g/mol. The minimum atomic E-state index is -0.602. The molecular formula is C25H26FN3O4S. The van der Waals surface area contributed by atoms with Crippen molar-refractivity contribution in [2.24, 2.45) is 0 Å². The van der Waals surface area contributed by atoms with Crippen molar-refractivity contribution in [2.75, 3.05) is 30.3 Å². The maximum Gasteiger partial charge on any atom is 0.341 e. The van der Waals surface area contributed by atoms with Gasteiger partial charge in [-0.05, 0) is 62.2 Å². The van der Waals surface area contributed by atoms with Crippen molar-refractivity contribution in [3.8, 4) is 0 Å². The summed E-state index contributed by atoms with van der Waals surface area (Å²) in [6.07, 6.45) is 0.629. The predicted molar refractivity (Wildman–Crippen MR) is 131 cm³/mol.